The van der Waals surface area contributed by atoms with E-state index in [1.165, 1.54) is 6.42 Å². The van der Waals surface area contributed by atoms with E-state index in [-0.39, 0.29) is 11.9 Å². The van der Waals surface area contributed by atoms with Crippen molar-refractivity contribution in [3.63, 3.8) is 0 Å². The summed E-state index contributed by atoms with van der Waals surface area (Å²) in [6.07, 6.45) is 5.64. The molecule has 0 radical (unpaired) electrons. The van der Waals surface area contributed by atoms with Crippen molar-refractivity contribution in [2.24, 2.45) is 0 Å². The van der Waals surface area contributed by atoms with Gasteiger partial charge in [-0.1, -0.05) is 15.9 Å². The summed E-state index contributed by atoms with van der Waals surface area (Å²) in [4.78, 5) is 29.9. The predicted molar refractivity (Wildman–Crippen MR) is 124 cm³/mol. The van der Waals surface area contributed by atoms with Gasteiger partial charge < -0.3 is 20.4 Å². The Morgan fingerprint density at radius 1 is 0.767 bits per heavy atom. The smallest absolute Gasteiger partial charge is 0.323 e. The number of amides is 3. The normalized spacial score (nSPS) is 16.4. The van der Waals surface area contributed by atoms with Gasteiger partial charge in [-0.15, -0.1) is 0 Å². The van der Waals surface area contributed by atoms with Crippen LogP contribution in [0.3, 0.4) is 0 Å². The molecule has 7 heteroatoms. The average Bonchev–Trinajstić information content (AvgIpc) is 3.30. The minimum atomic E-state index is -0.331. The zero-order valence-electron chi connectivity index (χ0n) is 17.0. The summed E-state index contributed by atoms with van der Waals surface area (Å²) in [5, 5.41) is 5.69. The zero-order chi connectivity index (χ0) is 20.9. The quantitative estimate of drug-likeness (QED) is 0.635. The summed E-state index contributed by atoms with van der Waals surface area (Å²) in [6, 6.07) is 12.7. The SMILES string of the molecule is O=C(Nc1ccc(Br)cc1)Nc1ccc(N2CCCCC2)c(C(=O)N2CCCC2)c1. The molecule has 2 N–H and O–H groups in total. The van der Waals surface area contributed by atoms with E-state index >= 15 is 0 Å². The highest BCUT2D eigenvalue weighted by Crippen LogP contribution is 2.29. The molecule has 2 aromatic carbocycles. The van der Waals surface area contributed by atoms with Gasteiger partial charge in [0.1, 0.15) is 0 Å². The lowest BCUT2D eigenvalue weighted by molar-refractivity contribution is 0.0793. The molecule has 0 bridgehead atoms. The van der Waals surface area contributed by atoms with E-state index in [9.17, 15) is 9.59 Å². The van der Waals surface area contributed by atoms with Crippen LogP contribution in [0.25, 0.3) is 0 Å². The summed E-state index contributed by atoms with van der Waals surface area (Å²) < 4.78 is 0.951. The molecule has 2 fully saturated rings. The van der Waals surface area contributed by atoms with Gasteiger partial charge in [-0.25, -0.2) is 4.79 Å². The second-order valence-corrected chi connectivity index (χ2v) is 8.78. The molecule has 0 unspecified atom stereocenters. The number of likely N-dealkylation sites (tertiary alicyclic amines) is 1. The Kier molecular flexibility index (Phi) is 6.57. The predicted octanol–water partition coefficient (Wildman–Crippen LogP) is 5.32. The van der Waals surface area contributed by atoms with Crippen molar-refractivity contribution >= 4 is 44.9 Å². The van der Waals surface area contributed by atoms with Crippen molar-refractivity contribution in [1.82, 2.24) is 4.90 Å². The van der Waals surface area contributed by atoms with Gasteiger partial charge in [0, 0.05) is 47.7 Å². The number of piperidine rings is 1. The largest absolute Gasteiger partial charge is 0.371 e. The molecule has 2 heterocycles. The lowest BCUT2D eigenvalue weighted by Crippen LogP contribution is -2.34. The molecule has 0 spiro atoms. The third-order valence-electron chi connectivity index (χ3n) is 5.68. The molecule has 6 nitrogen and oxygen atoms in total. The minimum absolute atomic E-state index is 0.0602. The second kappa shape index (κ2) is 9.51. The molecular formula is C23H27BrN4O2. The van der Waals surface area contributed by atoms with Crippen molar-refractivity contribution in [3.05, 3.63) is 52.5 Å². The number of rotatable bonds is 4. The molecular weight excluding hydrogens is 444 g/mol. The number of nitrogens with zero attached hydrogens (tertiary/aromatic N) is 2. The Labute approximate surface area is 185 Å². The zero-order valence-corrected chi connectivity index (χ0v) is 18.6. The Bertz CT molecular complexity index is 904. The number of hydrogen-bond donors (Lipinski definition) is 2. The fourth-order valence-corrected chi connectivity index (χ4v) is 4.38. The van der Waals surface area contributed by atoms with Gasteiger partial charge in [-0.2, -0.15) is 0 Å². The number of carbonyl (C=O) groups excluding carboxylic acids is 2. The molecule has 2 aliphatic rings. The molecule has 0 saturated carbocycles. The van der Waals surface area contributed by atoms with Gasteiger partial charge in [-0.3, -0.25) is 4.79 Å². The van der Waals surface area contributed by atoms with Gasteiger partial charge in [0.25, 0.3) is 5.91 Å². The topological polar surface area (TPSA) is 64.7 Å². The monoisotopic (exact) mass is 470 g/mol. The number of halogens is 1. The molecule has 158 valence electrons. The molecule has 0 aromatic heterocycles. The van der Waals surface area contributed by atoms with Crippen molar-refractivity contribution < 1.29 is 9.59 Å². The first-order valence-corrected chi connectivity index (χ1v) is 11.4. The van der Waals surface area contributed by atoms with E-state index < -0.39 is 0 Å². The van der Waals surface area contributed by atoms with Crippen molar-refractivity contribution in [2.75, 3.05) is 41.7 Å². The van der Waals surface area contributed by atoms with Gasteiger partial charge >= 0.3 is 6.03 Å². The highest BCUT2D eigenvalue weighted by atomic mass is 79.9. The number of benzene rings is 2. The van der Waals surface area contributed by atoms with E-state index in [0.29, 0.717) is 16.9 Å². The number of hydrogen-bond acceptors (Lipinski definition) is 3. The van der Waals surface area contributed by atoms with E-state index in [4.69, 9.17) is 0 Å². The van der Waals surface area contributed by atoms with Crippen LogP contribution in [0.15, 0.2) is 46.9 Å². The molecule has 3 amide bonds. The maximum Gasteiger partial charge on any atom is 0.323 e. The summed E-state index contributed by atoms with van der Waals surface area (Å²) in [6.45, 7) is 3.55. The first-order valence-electron chi connectivity index (χ1n) is 10.6. The molecule has 0 aliphatic carbocycles. The third-order valence-corrected chi connectivity index (χ3v) is 6.21. The van der Waals surface area contributed by atoms with Crippen molar-refractivity contribution in [1.29, 1.82) is 0 Å². The van der Waals surface area contributed by atoms with E-state index in [2.05, 4.69) is 31.5 Å². The number of nitrogens with one attached hydrogen (secondary N) is 2. The summed E-state index contributed by atoms with van der Waals surface area (Å²) in [5.74, 6) is 0.0602. The second-order valence-electron chi connectivity index (χ2n) is 7.86. The molecule has 2 aromatic rings. The summed E-state index contributed by atoms with van der Waals surface area (Å²) >= 11 is 3.39. The maximum absolute atomic E-state index is 13.2. The maximum atomic E-state index is 13.2. The number of carbonyl (C=O) groups is 2. The van der Waals surface area contributed by atoms with Gasteiger partial charge in [0.2, 0.25) is 0 Å². The summed E-state index contributed by atoms with van der Waals surface area (Å²) in [7, 11) is 0. The molecule has 0 atom stereocenters. The van der Waals surface area contributed by atoms with E-state index in [0.717, 1.165) is 62.0 Å². The van der Waals surface area contributed by atoms with Gasteiger partial charge in [0.05, 0.1) is 5.56 Å². The fraction of sp³-hybridized carbons (Fsp3) is 0.391. The van der Waals surface area contributed by atoms with Crippen LogP contribution in [0.2, 0.25) is 0 Å². The lowest BCUT2D eigenvalue weighted by Gasteiger charge is -2.31. The molecule has 2 saturated heterocycles. The van der Waals surface area contributed by atoms with Crippen LogP contribution in [0.4, 0.5) is 21.9 Å². The van der Waals surface area contributed by atoms with Gasteiger partial charge in [0.15, 0.2) is 0 Å². The molecule has 30 heavy (non-hydrogen) atoms. The van der Waals surface area contributed by atoms with E-state index in [1.54, 1.807) is 0 Å². The lowest BCUT2D eigenvalue weighted by atomic mass is 10.1. The highest BCUT2D eigenvalue weighted by Gasteiger charge is 2.25. The Hall–Kier alpha value is -2.54. The standard InChI is InChI=1S/C23H27BrN4O2/c24-17-6-8-18(9-7-17)25-23(30)26-19-10-11-21(27-12-2-1-3-13-27)20(16-19)22(29)28-14-4-5-15-28/h6-11,16H,1-5,12-15H2,(H2,25,26,30). The molecule has 2 aliphatic heterocycles. The average molecular weight is 471 g/mol. The number of anilines is 3. The van der Waals surface area contributed by atoms with Crippen molar-refractivity contribution in [2.45, 2.75) is 32.1 Å². The van der Waals surface area contributed by atoms with Crippen LogP contribution in [0.5, 0.6) is 0 Å². The van der Waals surface area contributed by atoms with Gasteiger partial charge in [-0.05, 0) is 74.6 Å². The first-order chi connectivity index (χ1) is 14.6. The van der Waals surface area contributed by atoms with Crippen LogP contribution in [-0.4, -0.2) is 43.0 Å². The van der Waals surface area contributed by atoms with Crippen molar-refractivity contribution in [3.8, 4) is 0 Å². The highest BCUT2D eigenvalue weighted by molar-refractivity contribution is 9.10. The Morgan fingerprint density at radius 2 is 1.37 bits per heavy atom. The first kappa shape index (κ1) is 20.7. The molecule has 4 rings (SSSR count). The van der Waals surface area contributed by atoms with Crippen LogP contribution in [0.1, 0.15) is 42.5 Å². The van der Waals surface area contributed by atoms with Crippen LogP contribution in [0, 0.1) is 0 Å². The fourth-order valence-electron chi connectivity index (χ4n) is 4.11. The third kappa shape index (κ3) is 4.95. The minimum Gasteiger partial charge on any atom is -0.371 e. The van der Waals surface area contributed by atoms with Crippen LogP contribution >= 0.6 is 15.9 Å². The Balaban J connectivity index is 1.54. The van der Waals surface area contributed by atoms with E-state index in [1.807, 2.05) is 47.4 Å². The number of urea groups is 1. The van der Waals surface area contributed by atoms with Crippen LogP contribution < -0.4 is 15.5 Å². The Morgan fingerprint density at radius 3 is 2.07 bits per heavy atom. The van der Waals surface area contributed by atoms with Crippen LogP contribution in [-0.2, 0) is 0 Å². The summed E-state index contributed by atoms with van der Waals surface area (Å²) in [5.41, 5.74) is 2.98.